The van der Waals surface area contributed by atoms with Crippen LogP contribution in [0.5, 0.6) is 0 Å². The highest BCUT2D eigenvalue weighted by Gasteiger charge is 2.29. The molecule has 0 bridgehead atoms. The summed E-state index contributed by atoms with van der Waals surface area (Å²) in [6.07, 6.45) is 10.7. The summed E-state index contributed by atoms with van der Waals surface area (Å²) in [6.45, 7) is 5.23. The Bertz CT molecular complexity index is 400. The third-order valence-electron chi connectivity index (χ3n) is 4.62. The Kier molecular flexibility index (Phi) is 5.96. The van der Waals surface area contributed by atoms with Gasteiger partial charge in [0.2, 0.25) is 0 Å². The topological polar surface area (TPSA) is 24.9 Å². The molecule has 1 heterocycles. The summed E-state index contributed by atoms with van der Waals surface area (Å²) < 4.78 is 14.0. The zero-order valence-corrected chi connectivity index (χ0v) is 12.7. The predicted molar refractivity (Wildman–Crippen MR) is 81.0 cm³/mol. The molecule has 1 saturated carbocycles. The van der Waals surface area contributed by atoms with Gasteiger partial charge in [-0.15, -0.1) is 0 Å². The number of hydrogen-bond donors (Lipinski definition) is 1. The van der Waals surface area contributed by atoms with Gasteiger partial charge in [0.15, 0.2) is 0 Å². The fourth-order valence-corrected chi connectivity index (χ4v) is 3.61. The van der Waals surface area contributed by atoms with Gasteiger partial charge in [0.05, 0.1) is 6.20 Å². The fourth-order valence-electron chi connectivity index (χ4n) is 3.61. The molecule has 2 nitrogen and oxygen atoms in total. The third-order valence-corrected chi connectivity index (χ3v) is 4.62. The van der Waals surface area contributed by atoms with E-state index in [-0.39, 0.29) is 11.9 Å². The van der Waals surface area contributed by atoms with E-state index < -0.39 is 0 Å². The van der Waals surface area contributed by atoms with E-state index in [0.717, 1.165) is 18.0 Å². The van der Waals surface area contributed by atoms with Crippen LogP contribution in [0.15, 0.2) is 18.5 Å². The first kappa shape index (κ1) is 15.4. The van der Waals surface area contributed by atoms with Gasteiger partial charge >= 0.3 is 0 Å². The molecule has 1 N–H and O–H groups in total. The van der Waals surface area contributed by atoms with Crippen molar-refractivity contribution in [1.29, 1.82) is 0 Å². The highest BCUT2D eigenvalue weighted by molar-refractivity contribution is 5.18. The molecule has 3 heteroatoms. The lowest BCUT2D eigenvalue weighted by molar-refractivity contribution is 0.213. The molecule has 0 radical (unpaired) electrons. The molecular formula is C17H27FN2. The first-order valence-electron chi connectivity index (χ1n) is 8.09. The summed E-state index contributed by atoms with van der Waals surface area (Å²) in [7, 11) is 0. The molecule has 0 saturated heterocycles. The molecule has 112 valence electrons. The molecule has 0 spiro atoms. The summed E-state index contributed by atoms with van der Waals surface area (Å²) in [5, 5.41) is 3.49. The Balaban J connectivity index is 2.05. The van der Waals surface area contributed by atoms with Crippen LogP contribution in [-0.4, -0.2) is 11.5 Å². The standard InChI is InChI=1S/C17H27FN2/c1-3-5-13-6-8-14(9-7-13)17(20-4-2)15-10-11-19-12-16(15)18/h10-14,17,20H,3-9H2,1-2H3. The van der Waals surface area contributed by atoms with Crippen molar-refractivity contribution in [2.45, 2.75) is 58.4 Å². The van der Waals surface area contributed by atoms with Gasteiger partial charge in [-0.2, -0.15) is 0 Å². The van der Waals surface area contributed by atoms with E-state index >= 15 is 0 Å². The van der Waals surface area contributed by atoms with Gasteiger partial charge in [-0.25, -0.2) is 4.39 Å². The maximum atomic E-state index is 14.0. The van der Waals surface area contributed by atoms with Crippen LogP contribution in [0.3, 0.4) is 0 Å². The van der Waals surface area contributed by atoms with Crippen LogP contribution in [0.4, 0.5) is 4.39 Å². The highest BCUT2D eigenvalue weighted by Crippen LogP contribution is 2.38. The van der Waals surface area contributed by atoms with Crippen LogP contribution in [-0.2, 0) is 0 Å². The van der Waals surface area contributed by atoms with Crippen LogP contribution in [0.2, 0.25) is 0 Å². The SMILES string of the molecule is CCCC1CCC(C(NCC)c2ccncc2F)CC1. The summed E-state index contributed by atoms with van der Waals surface area (Å²) in [5.41, 5.74) is 0.792. The number of nitrogens with one attached hydrogen (secondary N) is 1. The van der Waals surface area contributed by atoms with Gasteiger partial charge in [0.1, 0.15) is 5.82 Å². The van der Waals surface area contributed by atoms with Crippen molar-refractivity contribution in [2.75, 3.05) is 6.54 Å². The molecule has 1 aliphatic carbocycles. The number of nitrogens with zero attached hydrogens (tertiary/aromatic N) is 1. The lowest BCUT2D eigenvalue weighted by Crippen LogP contribution is -2.31. The van der Waals surface area contributed by atoms with Gasteiger partial charge in [-0.05, 0) is 37.3 Å². The Hall–Kier alpha value is -0.960. The zero-order valence-electron chi connectivity index (χ0n) is 12.7. The second-order valence-corrected chi connectivity index (χ2v) is 6.00. The second kappa shape index (κ2) is 7.72. The molecular weight excluding hydrogens is 251 g/mol. The van der Waals surface area contributed by atoms with E-state index in [1.165, 1.54) is 44.7 Å². The molecule has 0 amide bonds. The van der Waals surface area contributed by atoms with Crippen molar-refractivity contribution in [1.82, 2.24) is 10.3 Å². The molecule has 0 aromatic carbocycles. The number of halogens is 1. The second-order valence-electron chi connectivity index (χ2n) is 6.00. The maximum absolute atomic E-state index is 14.0. The van der Waals surface area contributed by atoms with Crippen molar-refractivity contribution >= 4 is 0 Å². The number of rotatable bonds is 6. The van der Waals surface area contributed by atoms with Gasteiger partial charge in [0.25, 0.3) is 0 Å². The van der Waals surface area contributed by atoms with E-state index in [0.29, 0.717) is 5.92 Å². The predicted octanol–water partition coefficient (Wildman–Crippen LogP) is 4.48. The molecule has 2 rings (SSSR count). The van der Waals surface area contributed by atoms with E-state index in [1.54, 1.807) is 6.20 Å². The highest BCUT2D eigenvalue weighted by atomic mass is 19.1. The number of pyridine rings is 1. The number of hydrogen-bond acceptors (Lipinski definition) is 2. The lowest BCUT2D eigenvalue weighted by atomic mass is 9.75. The van der Waals surface area contributed by atoms with Crippen LogP contribution >= 0.6 is 0 Å². The molecule has 1 aromatic rings. The van der Waals surface area contributed by atoms with Gasteiger partial charge in [0, 0.05) is 17.8 Å². The Morgan fingerprint density at radius 2 is 2.05 bits per heavy atom. The van der Waals surface area contributed by atoms with Crippen molar-refractivity contribution in [3.05, 3.63) is 29.8 Å². The summed E-state index contributed by atoms with van der Waals surface area (Å²) >= 11 is 0. The molecule has 0 aliphatic heterocycles. The Morgan fingerprint density at radius 3 is 2.65 bits per heavy atom. The maximum Gasteiger partial charge on any atom is 0.146 e. The van der Waals surface area contributed by atoms with Gasteiger partial charge in [-0.3, -0.25) is 4.98 Å². The van der Waals surface area contributed by atoms with Crippen molar-refractivity contribution in [3.8, 4) is 0 Å². The van der Waals surface area contributed by atoms with Crippen molar-refractivity contribution in [3.63, 3.8) is 0 Å². The minimum atomic E-state index is -0.172. The minimum Gasteiger partial charge on any atom is -0.310 e. The Morgan fingerprint density at radius 1 is 1.30 bits per heavy atom. The normalized spacial score (nSPS) is 24.6. The smallest absolute Gasteiger partial charge is 0.146 e. The van der Waals surface area contributed by atoms with Crippen LogP contribution in [0.25, 0.3) is 0 Å². The summed E-state index contributed by atoms with van der Waals surface area (Å²) in [4.78, 5) is 3.87. The summed E-state index contributed by atoms with van der Waals surface area (Å²) in [6, 6.07) is 1.98. The molecule has 1 atom stereocenters. The lowest BCUT2D eigenvalue weighted by Gasteiger charge is -2.34. The third kappa shape index (κ3) is 3.78. The summed E-state index contributed by atoms with van der Waals surface area (Å²) in [5.74, 6) is 1.27. The molecule has 1 aromatic heterocycles. The zero-order chi connectivity index (χ0) is 14.4. The molecule has 1 fully saturated rings. The first-order valence-corrected chi connectivity index (χ1v) is 8.09. The quantitative estimate of drug-likeness (QED) is 0.830. The van der Waals surface area contributed by atoms with Crippen molar-refractivity contribution in [2.24, 2.45) is 11.8 Å². The van der Waals surface area contributed by atoms with Crippen LogP contribution in [0, 0.1) is 17.7 Å². The van der Waals surface area contributed by atoms with E-state index in [1.807, 2.05) is 6.07 Å². The fraction of sp³-hybridized carbons (Fsp3) is 0.706. The van der Waals surface area contributed by atoms with Crippen molar-refractivity contribution < 1.29 is 4.39 Å². The van der Waals surface area contributed by atoms with Gasteiger partial charge in [-0.1, -0.05) is 39.5 Å². The Labute approximate surface area is 122 Å². The van der Waals surface area contributed by atoms with Crippen LogP contribution < -0.4 is 5.32 Å². The molecule has 20 heavy (non-hydrogen) atoms. The first-order chi connectivity index (χ1) is 9.76. The van der Waals surface area contributed by atoms with E-state index in [4.69, 9.17) is 0 Å². The average molecular weight is 278 g/mol. The van der Waals surface area contributed by atoms with Crippen LogP contribution in [0.1, 0.15) is 64.0 Å². The molecule has 1 unspecified atom stereocenters. The van der Waals surface area contributed by atoms with E-state index in [2.05, 4.69) is 24.1 Å². The number of aromatic nitrogens is 1. The van der Waals surface area contributed by atoms with E-state index in [9.17, 15) is 4.39 Å². The largest absolute Gasteiger partial charge is 0.310 e. The minimum absolute atomic E-state index is 0.144. The van der Waals surface area contributed by atoms with Gasteiger partial charge < -0.3 is 5.32 Å². The molecule has 1 aliphatic rings. The average Bonchev–Trinajstić information content (AvgIpc) is 2.47. The monoisotopic (exact) mass is 278 g/mol.